The summed E-state index contributed by atoms with van der Waals surface area (Å²) in [5, 5.41) is 13.9. The highest BCUT2D eigenvalue weighted by atomic mass is 15.3. The molecule has 1 aromatic carbocycles. The average molecular weight is 349 g/mol. The smallest absolute Gasteiger partial charge is 0.153 e. The minimum Gasteiger partial charge on any atom is -0.353 e. The van der Waals surface area contributed by atoms with Gasteiger partial charge in [-0.05, 0) is 18.6 Å². The number of aliphatic imine (C=N–C) groups is 1. The molecule has 1 fully saturated rings. The number of aryl methyl sites for hydroxylation is 1. The Bertz CT molecular complexity index is 844. The van der Waals surface area contributed by atoms with Crippen molar-refractivity contribution >= 4 is 17.7 Å². The van der Waals surface area contributed by atoms with E-state index in [9.17, 15) is 0 Å². The van der Waals surface area contributed by atoms with Gasteiger partial charge in [-0.1, -0.05) is 36.4 Å². The fourth-order valence-corrected chi connectivity index (χ4v) is 2.96. The molecule has 2 aliphatic heterocycles. The lowest BCUT2D eigenvalue weighted by molar-refractivity contribution is 0.253. The Morgan fingerprint density at radius 3 is 2.77 bits per heavy atom. The van der Waals surface area contributed by atoms with E-state index in [0.717, 1.165) is 41.8 Å². The highest BCUT2D eigenvalue weighted by molar-refractivity contribution is 5.95. The third-order valence-corrected chi connectivity index (χ3v) is 4.32. The molecule has 7 heteroatoms. The van der Waals surface area contributed by atoms with Crippen molar-refractivity contribution in [3.05, 3.63) is 65.6 Å². The number of likely N-dealkylation sites (tertiary alicyclic amines) is 1. The molecule has 5 N–H and O–H groups in total. The summed E-state index contributed by atoms with van der Waals surface area (Å²) >= 11 is 0. The zero-order valence-electron chi connectivity index (χ0n) is 14.7. The summed E-state index contributed by atoms with van der Waals surface area (Å²) in [6.45, 7) is 3.64. The van der Waals surface area contributed by atoms with Gasteiger partial charge in [0, 0.05) is 37.0 Å². The van der Waals surface area contributed by atoms with Crippen molar-refractivity contribution < 1.29 is 0 Å². The Balaban J connectivity index is 1.53. The van der Waals surface area contributed by atoms with Gasteiger partial charge in [0.2, 0.25) is 0 Å². The molecule has 0 radical (unpaired) electrons. The topological polar surface area (TPSA) is 94.4 Å². The Morgan fingerprint density at radius 1 is 1.27 bits per heavy atom. The van der Waals surface area contributed by atoms with E-state index >= 15 is 0 Å². The standard InChI is InChI=1S/C19H23N7/c1-13-9-18(25-24-13)22-17-10-19(26-11-15(20)12-26)23-16(21-17)8-7-14-5-3-2-4-6-14/h2-10,15-16,21H,11-12,20H2,1H3,(H2,22,24,25)/b8-7+. The van der Waals surface area contributed by atoms with Gasteiger partial charge < -0.3 is 21.3 Å². The third-order valence-electron chi connectivity index (χ3n) is 4.32. The zero-order valence-corrected chi connectivity index (χ0v) is 14.7. The van der Waals surface area contributed by atoms with E-state index in [1.165, 1.54) is 0 Å². The van der Waals surface area contributed by atoms with E-state index in [1.54, 1.807) is 0 Å². The summed E-state index contributed by atoms with van der Waals surface area (Å²) in [5.41, 5.74) is 8.08. The van der Waals surface area contributed by atoms with Gasteiger partial charge in [-0.2, -0.15) is 5.10 Å². The van der Waals surface area contributed by atoms with Gasteiger partial charge in [0.15, 0.2) is 5.82 Å². The molecule has 3 heterocycles. The van der Waals surface area contributed by atoms with E-state index in [0.29, 0.717) is 0 Å². The summed E-state index contributed by atoms with van der Waals surface area (Å²) in [4.78, 5) is 6.98. The van der Waals surface area contributed by atoms with Crippen LogP contribution in [0.1, 0.15) is 11.3 Å². The minimum absolute atomic E-state index is 0.158. The maximum absolute atomic E-state index is 5.93. The number of nitrogens with two attached hydrogens (primary N) is 1. The SMILES string of the molecule is Cc1cc(NC2=CC(N3CC(N)C3)=NC(/C=C/c3ccccc3)N2)n[nH]1. The molecule has 0 spiro atoms. The second-order valence-electron chi connectivity index (χ2n) is 6.63. The van der Waals surface area contributed by atoms with Crippen LogP contribution in [-0.2, 0) is 0 Å². The van der Waals surface area contributed by atoms with Crippen molar-refractivity contribution in [2.45, 2.75) is 19.1 Å². The van der Waals surface area contributed by atoms with Crippen molar-refractivity contribution in [3.8, 4) is 0 Å². The van der Waals surface area contributed by atoms with E-state index < -0.39 is 0 Å². The molecular formula is C19H23N7. The van der Waals surface area contributed by atoms with Gasteiger partial charge in [0.05, 0.1) is 0 Å². The molecule has 0 saturated carbocycles. The predicted octanol–water partition coefficient (Wildman–Crippen LogP) is 1.66. The molecule has 2 aliphatic rings. The molecule has 134 valence electrons. The molecule has 7 nitrogen and oxygen atoms in total. The molecule has 0 bridgehead atoms. The fraction of sp³-hybridized carbons (Fsp3) is 0.263. The second-order valence-corrected chi connectivity index (χ2v) is 6.63. The number of hydrogen-bond donors (Lipinski definition) is 4. The number of hydrogen-bond acceptors (Lipinski definition) is 6. The molecule has 26 heavy (non-hydrogen) atoms. The molecule has 1 atom stereocenters. The number of H-pyrrole nitrogens is 1. The van der Waals surface area contributed by atoms with Crippen LogP contribution in [0.3, 0.4) is 0 Å². The summed E-state index contributed by atoms with van der Waals surface area (Å²) in [6, 6.07) is 12.4. The van der Waals surface area contributed by atoms with Crippen LogP contribution in [0.4, 0.5) is 5.82 Å². The first kappa shape index (κ1) is 16.4. The largest absolute Gasteiger partial charge is 0.353 e. The van der Waals surface area contributed by atoms with Crippen LogP contribution < -0.4 is 16.4 Å². The Kier molecular flexibility index (Phi) is 4.45. The van der Waals surface area contributed by atoms with Gasteiger partial charge in [-0.3, -0.25) is 5.10 Å². The van der Waals surface area contributed by atoms with Crippen molar-refractivity contribution in [1.29, 1.82) is 0 Å². The minimum atomic E-state index is -0.158. The first-order chi connectivity index (χ1) is 12.7. The fourth-order valence-electron chi connectivity index (χ4n) is 2.96. The third kappa shape index (κ3) is 3.78. The summed E-state index contributed by atoms with van der Waals surface area (Å²) in [5.74, 6) is 2.57. The molecular weight excluding hydrogens is 326 g/mol. The average Bonchev–Trinajstić information content (AvgIpc) is 3.03. The van der Waals surface area contributed by atoms with Crippen LogP contribution in [0.25, 0.3) is 6.08 Å². The molecule has 1 unspecified atom stereocenters. The van der Waals surface area contributed by atoms with Gasteiger partial charge in [-0.25, -0.2) is 4.99 Å². The predicted molar refractivity (Wildman–Crippen MR) is 104 cm³/mol. The van der Waals surface area contributed by atoms with E-state index in [4.69, 9.17) is 10.7 Å². The zero-order chi connectivity index (χ0) is 17.9. The van der Waals surface area contributed by atoms with Crippen LogP contribution in [0.2, 0.25) is 0 Å². The summed E-state index contributed by atoms with van der Waals surface area (Å²) < 4.78 is 0. The number of amidine groups is 1. The van der Waals surface area contributed by atoms with Gasteiger partial charge in [0.25, 0.3) is 0 Å². The molecule has 1 saturated heterocycles. The number of rotatable bonds is 4. The van der Waals surface area contributed by atoms with E-state index in [-0.39, 0.29) is 12.2 Å². The Morgan fingerprint density at radius 2 is 2.08 bits per heavy atom. The number of nitrogens with zero attached hydrogens (tertiary/aromatic N) is 3. The highest BCUT2D eigenvalue weighted by Gasteiger charge is 2.27. The van der Waals surface area contributed by atoms with Crippen LogP contribution in [0, 0.1) is 6.92 Å². The Hall–Kier alpha value is -3.06. The molecule has 0 amide bonds. The maximum atomic E-state index is 5.93. The van der Waals surface area contributed by atoms with Crippen molar-refractivity contribution in [3.63, 3.8) is 0 Å². The van der Waals surface area contributed by atoms with Gasteiger partial charge >= 0.3 is 0 Å². The lowest BCUT2D eigenvalue weighted by atomic mass is 10.1. The number of nitrogens with one attached hydrogen (secondary N) is 3. The summed E-state index contributed by atoms with van der Waals surface area (Å²) in [7, 11) is 0. The number of aromatic nitrogens is 2. The molecule has 0 aliphatic carbocycles. The van der Waals surface area contributed by atoms with Crippen molar-refractivity contribution in [1.82, 2.24) is 20.4 Å². The number of anilines is 1. The van der Waals surface area contributed by atoms with Gasteiger partial charge in [0.1, 0.15) is 17.8 Å². The van der Waals surface area contributed by atoms with Crippen LogP contribution >= 0.6 is 0 Å². The maximum Gasteiger partial charge on any atom is 0.153 e. The van der Waals surface area contributed by atoms with Gasteiger partial charge in [-0.15, -0.1) is 0 Å². The number of benzene rings is 1. The van der Waals surface area contributed by atoms with Crippen LogP contribution in [0.15, 0.2) is 59.4 Å². The molecule has 1 aromatic heterocycles. The second kappa shape index (κ2) is 7.05. The lowest BCUT2D eigenvalue weighted by Gasteiger charge is -2.40. The van der Waals surface area contributed by atoms with Crippen LogP contribution in [-0.4, -0.2) is 46.2 Å². The normalized spacial score (nSPS) is 20.4. The molecule has 2 aromatic rings. The molecule has 4 rings (SSSR count). The highest BCUT2D eigenvalue weighted by Crippen LogP contribution is 2.16. The van der Waals surface area contributed by atoms with E-state index in [2.05, 4.69) is 50.0 Å². The number of aromatic amines is 1. The van der Waals surface area contributed by atoms with Crippen LogP contribution in [0.5, 0.6) is 0 Å². The van der Waals surface area contributed by atoms with Crippen molar-refractivity contribution in [2.24, 2.45) is 10.7 Å². The first-order valence-electron chi connectivity index (χ1n) is 8.74. The monoisotopic (exact) mass is 349 g/mol. The first-order valence-corrected chi connectivity index (χ1v) is 8.74. The quantitative estimate of drug-likeness (QED) is 0.673. The summed E-state index contributed by atoms with van der Waals surface area (Å²) in [6.07, 6.45) is 5.97. The lowest BCUT2D eigenvalue weighted by Crippen LogP contribution is -2.58. The van der Waals surface area contributed by atoms with E-state index in [1.807, 2.05) is 37.3 Å². The Labute approximate surface area is 152 Å². The van der Waals surface area contributed by atoms with Crippen molar-refractivity contribution in [2.75, 3.05) is 18.4 Å².